The predicted molar refractivity (Wildman–Crippen MR) is 155 cm³/mol. The summed E-state index contributed by atoms with van der Waals surface area (Å²) in [5.41, 5.74) is 5.58. The van der Waals surface area contributed by atoms with Crippen molar-refractivity contribution < 1.29 is 4.79 Å². The standard InChI is InChI=1S/C30H26N6OS/c37-29(34-32-20-10-13-23-11-3-1-4-12-23)22-38-30-35-33-28(36(30)25-16-5-2-6-17-25)21-31-27-19-9-15-24-14-7-8-18-26(24)27/h1-20,31H,21-22H2,(H,34,37)/b13-10+,32-20-. The largest absolute Gasteiger partial charge is 0.377 e. The van der Waals surface area contributed by atoms with E-state index < -0.39 is 0 Å². The smallest absolute Gasteiger partial charge is 0.250 e. The SMILES string of the molecule is O=C(CSc1nnc(CNc2cccc3ccccc23)n1-c1ccccc1)N/N=C\C=C\c1ccccc1. The quantitative estimate of drug-likeness (QED) is 0.136. The molecular formula is C30H26N6OS. The molecule has 1 aromatic heterocycles. The highest BCUT2D eigenvalue weighted by molar-refractivity contribution is 7.99. The van der Waals surface area contributed by atoms with Crippen molar-refractivity contribution in [1.82, 2.24) is 20.2 Å². The van der Waals surface area contributed by atoms with Crippen molar-refractivity contribution in [3.05, 3.63) is 121 Å². The number of hydrogen-bond donors (Lipinski definition) is 2. The highest BCUT2D eigenvalue weighted by atomic mass is 32.2. The van der Waals surface area contributed by atoms with E-state index in [0.29, 0.717) is 11.7 Å². The first-order valence-corrected chi connectivity index (χ1v) is 13.1. The summed E-state index contributed by atoms with van der Waals surface area (Å²) in [6.45, 7) is 0.473. The van der Waals surface area contributed by atoms with Crippen molar-refractivity contribution in [2.45, 2.75) is 11.7 Å². The van der Waals surface area contributed by atoms with Crippen LogP contribution >= 0.6 is 11.8 Å². The molecule has 5 rings (SSSR count). The van der Waals surface area contributed by atoms with Crippen LogP contribution in [-0.2, 0) is 11.3 Å². The minimum atomic E-state index is -0.225. The number of anilines is 1. The first-order chi connectivity index (χ1) is 18.8. The molecule has 0 fully saturated rings. The molecule has 0 radical (unpaired) electrons. The summed E-state index contributed by atoms with van der Waals surface area (Å²) in [6, 6.07) is 34.2. The Labute approximate surface area is 225 Å². The van der Waals surface area contributed by atoms with Gasteiger partial charge in [0.15, 0.2) is 11.0 Å². The van der Waals surface area contributed by atoms with E-state index in [-0.39, 0.29) is 11.7 Å². The Morgan fingerprint density at radius 2 is 1.61 bits per heavy atom. The average molecular weight is 519 g/mol. The molecule has 7 nitrogen and oxygen atoms in total. The van der Waals surface area contributed by atoms with Crippen LogP contribution in [0.2, 0.25) is 0 Å². The first-order valence-electron chi connectivity index (χ1n) is 12.2. The molecule has 0 unspecified atom stereocenters. The van der Waals surface area contributed by atoms with Gasteiger partial charge in [0.1, 0.15) is 0 Å². The summed E-state index contributed by atoms with van der Waals surface area (Å²) in [5.74, 6) is 0.676. The maximum Gasteiger partial charge on any atom is 0.250 e. The van der Waals surface area contributed by atoms with Crippen molar-refractivity contribution in [1.29, 1.82) is 0 Å². The van der Waals surface area contributed by atoms with Gasteiger partial charge in [-0.2, -0.15) is 5.10 Å². The van der Waals surface area contributed by atoms with Crippen LogP contribution in [0.15, 0.2) is 119 Å². The van der Waals surface area contributed by atoms with E-state index in [2.05, 4.69) is 50.3 Å². The molecule has 8 heteroatoms. The Morgan fingerprint density at radius 1 is 0.868 bits per heavy atom. The molecule has 5 aromatic rings. The number of nitrogens with one attached hydrogen (secondary N) is 2. The Kier molecular flexibility index (Phi) is 8.23. The number of rotatable bonds is 10. The number of amides is 1. The summed E-state index contributed by atoms with van der Waals surface area (Å²) in [7, 11) is 0. The lowest BCUT2D eigenvalue weighted by atomic mass is 10.1. The summed E-state index contributed by atoms with van der Waals surface area (Å²) >= 11 is 1.31. The maximum absolute atomic E-state index is 12.4. The summed E-state index contributed by atoms with van der Waals surface area (Å²) in [4.78, 5) is 12.4. The van der Waals surface area contributed by atoms with Crippen LogP contribution in [0.5, 0.6) is 0 Å². The number of carbonyl (C=O) groups is 1. The highest BCUT2D eigenvalue weighted by Gasteiger charge is 2.16. The van der Waals surface area contributed by atoms with Gasteiger partial charge in [-0.15, -0.1) is 10.2 Å². The van der Waals surface area contributed by atoms with Crippen LogP contribution in [0, 0.1) is 0 Å². The van der Waals surface area contributed by atoms with Gasteiger partial charge in [0.05, 0.1) is 12.3 Å². The van der Waals surface area contributed by atoms with E-state index in [1.54, 1.807) is 12.3 Å². The van der Waals surface area contributed by atoms with Gasteiger partial charge in [-0.25, -0.2) is 5.43 Å². The maximum atomic E-state index is 12.4. The zero-order valence-corrected chi connectivity index (χ0v) is 21.4. The van der Waals surface area contributed by atoms with Crippen molar-refractivity contribution in [2.75, 3.05) is 11.1 Å². The van der Waals surface area contributed by atoms with E-state index >= 15 is 0 Å². The molecule has 188 valence electrons. The van der Waals surface area contributed by atoms with Gasteiger partial charge in [0, 0.05) is 23.0 Å². The third-order valence-corrected chi connectivity index (χ3v) is 6.64. The van der Waals surface area contributed by atoms with Crippen LogP contribution in [0.25, 0.3) is 22.5 Å². The zero-order chi connectivity index (χ0) is 26.0. The van der Waals surface area contributed by atoms with E-state index in [9.17, 15) is 4.79 Å². The lowest BCUT2D eigenvalue weighted by Crippen LogP contribution is -2.19. The van der Waals surface area contributed by atoms with Crippen molar-refractivity contribution in [2.24, 2.45) is 5.10 Å². The van der Waals surface area contributed by atoms with E-state index in [4.69, 9.17) is 0 Å². The molecule has 0 spiro atoms. The van der Waals surface area contributed by atoms with Gasteiger partial charge < -0.3 is 5.32 Å². The number of para-hydroxylation sites is 1. The normalized spacial score (nSPS) is 11.4. The van der Waals surface area contributed by atoms with E-state index in [0.717, 1.165) is 28.1 Å². The monoisotopic (exact) mass is 518 g/mol. The fourth-order valence-corrected chi connectivity index (χ4v) is 4.69. The van der Waals surface area contributed by atoms with E-state index in [1.807, 2.05) is 89.5 Å². The molecule has 0 aliphatic rings. The van der Waals surface area contributed by atoms with Crippen molar-refractivity contribution >= 4 is 46.4 Å². The highest BCUT2D eigenvalue weighted by Crippen LogP contribution is 2.25. The number of hydrazone groups is 1. The van der Waals surface area contributed by atoms with Crippen LogP contribution in [0.1, 0.15) is 11.4 Å². The molecule has 0 aliphatic carbocycles. The van der Waals surface area contributed by atoms with E-state index in [1.165, 1.54) is 17.1 Å². The predicted octanol–water partition coefficient (Wildman–Crippen LogP) is 5.94. The second-order valence-electron chi connectivity index (χ2n) is 8.32. The van der Waals surface area contributed by atoms with Crippen LogP contribution < -0.4 is 10.7 Å². The minimum absolute atomic E-state index is 0.154. The second kappa shape index (κ2) is 12.5. The fraction of sp³-hybridized carbons (Fsp3) is 0.0667. The number of allylic oxidation sites excluding steroid dienone is 1. The van der Waals surface area contributed by atoms with Crippen LogP contribution in [0.4, 0.5) is 5.69 Å². The third-order valence-electron chi connectivity index (χ3n) is 5.71. The van der Waals surface area contributed by atoms with Gasteiger partial charge in [-0.1, -0.05) is 103 Å². The Bertz CT molecular complexity index is 1560. The number of hydrogen-bond acceptors (Lipinski definition) is 6. The molecule has 0 saturated carbocycles. The van der Waals surface area contributed by atoms with Gasteiger partial charge in [0.25, 0.3) is 5.91 Å². The number of carbonyl (C=O) groups excluding carboxylic acids is 1. The molecule has 0 aliphatic heterocycles. The second-order valence-corrected chi connectivity index (χ2v) is 9.26. The van der Waals surface area contributed by atoms with Crippen molar-refractivity contribution in [3.63, 3.8) is 0 Å². The lowest BCUT2D eigenvalue weighted by Gasteiger charge is -2.12. The fourth-order valence-electron chi connectivity index (χ4n) is 3.93. The third kappa shape index (κ3) is 6.35. The lowest BCUT2D eigenvalue weighted by molar-refractivity contribution is -0.118. The molecule has 0 atom stereocenters. The topological polar surface area (TPSA) is 84.2 Å². The minimum Gasteiger partial charge on any atom is -0.377 e. The first kappa shape index (κ1) is 25.0. The number of fused-ring (bicyclic) bond motifs is 1. The zero-order valence-electron chi connectivity index (χ0n) is 20.6. The molecular weight excluding hydrogens is 492 g/mol. The molecule has 1 amide bonds. The van der Waals surface area contributed by atoms with Crippen LogP contribution in [0.3, 0.4) is 0 Å². The number of thioether (sulfide) groups is 1. The van der Waals surface area contributed by atoms with Gasteiger partial charge in [0.2, 0.25) is 0 Å². The van der Waals surface area contributed by atoms with Gasteiger partial charge >= 0.3 is 0 Å². The van der Waals surface area contributed by atoms with Crippen molar-refractivity contribution in [3.8, 4) is 5.69 Å². The molecule has 1 heterocycles. The van der Waals surface area contributed by atoms with Gasteiger partial charge in [-0.05, 0) is 35.2 Å². The van der Waals surface area contributed by atoms with Crippen LogP contribution in [-0.4, -0.2) is 32.6 Å². The molecule has 0 saturated heterocycles. The molecule has 38 heavy (non-hydrogen) atoms. The molecule has 4 aromatic carbocycles. The summed E-state index contributed by atoms with van der Waals surface area (Å²) in [6.07, 6.45) is 5.25. The Balaban J connectivity index is 1.25. The number of nitrogens with zero attached hydrogens (tertiary/aromatic N) is 4. The number of benzene rings is 4. The Hall–Kier alpha value is -4.69. The summed E-state index contributed by atoms with van der Waals surface area (Å²) in [5, 5.41) is 19.3. The molecule has 2 N–H and O–H groups in total. The Morgan fingerprint density at radius 3 is 2.45 bits per heavy atom. The molecule has 0 bridgehead atoms. The van der Waals surface area contributed by atoms with Gasteiger partial charge in [-0.3, -0.25) is 9.36 Å². The average Bonchev–Trinajstić information content (AvgIpc) is 3.38. The summed E-state index contributed by atoms with van der Waals surface area (Å²) < 4.78 is 1.97. The number of aromatic nitrogens is 3.